The molecule has 1 heterocycles. The van der Waals surface area contributed by atoms with E-state index in [0.717, 1.165) is 18.9 Å². The lowest BCUT2D eigenvalue weighted by Crippen LogP contribution is -2.51. The van der Waals surface area contributed by atoms with Crippen molar-refractivity contribution in [2.45, 2.75) is 49.7 Å². The number of piperazine rings is 1. The molecule has 1 N–H and O–H groups in total. The third-order valence-electron chi connectivity index (χ3n) is 5.11. The van der Waals surface area contributed by atoms with Crippen molar-refractivity contribution in [1.29, 1.82) is 5.26 Å². The summed E-state index contributed by atoms with van der Waals surface area (Å²) in [6.07, 6.45) is 6.02. The predicted molar refractivity (Wildman–Crippen MR) is 71.2 cm³/mol. The predicted octanol–water partition coefficient (Wildman–Crippen LogP) is 0.801. The zero-order valence-corrected chi connectivity index (χ0v) is 11.4. The van der Waals surface area contributed by atoms with Crippen LogP contribution in [0.15, 0.2) is 0 Å². The van der Waals surface area contributed by atoms with E-state index in [1.54, 1.807) is 0 Å². The standard InChI is InChI=1S/C14H24N4/c1-16-14(11-15)5-4-13(10-14)18-8-6-17(7-9-18)12-2-3-12/h12-13,16H,2-10H2,1H3. The van der Waals surface area contributed by atoms with Gasteiger partial charge in [-0.25, -0.2) is 0 Å². The summed E-state index contributed by atoms with van der Waals surface area (Å²) in [5.74, 6) is 0. The van der Waals surface area contributed by atoms with Crippen LogP contribution in [0.2, 0.25) is 0 Å². The Bertz CT molecular complexity index is 338. The van der Waals surface area contributed by atoms with E-state index in [0.29, 0.717) is 6.04 Å². The van der Waals surface area contributed by atoms with E-state index in [-0.39, 0.29) is 5.54 Å². The second-order valence-electron chi connectivity index (χ2n) is 6.14. The summed E-state index contributed by atoms with van der Waals surface area (Å²) in [5, 5.41) is 12.6. The van der Waals surface area contributed by atoms with Gasteiger partial charge in [0.25, 0.3) is 0 Å². The molecule has 0 aromatic rings. The summed E-state index contributed by atoms with van der Waals surface area (Å²) in [6, 6.07) is 4.02. The lowest BCUT2D eigenvalue weighted by molar-refractivity contribution is 0.0913. The third kappa shape index (κ3) is 2.27. The highest BCUT2D eigenvalue weighted by Crippen LogP contribution is 2.34. The van der Waals surface area contributed by atoms with E-state index in [9.17, 15) is 5.26 Å². The Labute approximate surface area is 110 Å². The summed E-state index contributed by atoms with van der Waals surface area (Å²) in [7, 11) is 1.93. The van der Waals surface area contributed by atoms with Crippen LogP contribution in [0.4, 0.5) is 0 Å². The molecular weight excluding hydrogens is 224 g/mol. The molecule has 4 nitrogen and oxygen atoms in total. The average molecular weight is 248 g/mol. The molecule has 0 aromatic carbocycles. The zero-order chi connectivity index (χ0) is 12.6. The normalized spacial score (nSPS) is 38.8. The van der Waals surface area contributed by atoms with Gasteiger partial charge in [-0.05, 0) is 39.2 Å². The highest BCUT2D eigenvalue weighted by molar-refractivity contribution is 5.13. The van der Waals surface area contributed by atoms with Crippen molar-refractivity contribution in [2.24, 2.45) is 0 Å². The van der Waals surface area contributed by atoms with Crippen LogP contribution in [-0.2, 0) is 0 Å². The Balaban J connectivity index is 1.53. The summed E-state index contributed by atoms with van der Waals surface area (Å²) in [4.78, 5) is 5.27. The van der Waals surface area contributed by atoms with Crippen molar-refractivity contribution in [3.8, 4) is 6.07 Å². The molecule has 100 valence electrons. The van der Waals surface area contributed by atoms with E-state index >= 15 is 0 Å². The molecule has 3 aliphatic rings. The molecule has 2 aliphatic carbocycles. The molecule has 0 spiro atoms. The van der Waals surface area contributed by atoms with Gasteiger partial charge in [-0.3, -0.25) is 9.80 Å². The third-order valence-corrected chi connectivity index (χ3v) is 5.11. The van der Waals surface area contributed by atoms with Crippen LogP contribution in [0.1, 0.15) is 32.1 Å². The van der Waals surface area contributed by atoms with Gasteiger partial charge in [0.1, 0.15) is 5.54 Å². The van der Waals surface area contributed by atoms with Crippen LogP contribution in [0.5, 0.6) is 0 Å². The van der Waals surface area contributed by atoms with Crippen molar-refractivity contribution in [2.75, 3.05) is 33.2 Å². The largest absolute Gasteiger partial charge is 0.302 e. The molecule has 0 aromatic heterocycles. The molecule has 18 heavy (non-hydrogen) atoms. The monoisotopic (exact) mass is 248 g/mol. The van der Waals surface area contributed by atoms with E-state index in [1.807, 2.05) is 7.05 Å². The van der Waals surface area contributed by atoms with Crippen LogP contribution >= 0.6 is 0 Å². The second-order valence-corrected chi connectivity index (χ2v) is 6.14. The SMILES string of the molecule is CNC1(C#N)CCC(N2CCN(C3CC3)CC2)C1. The minimum absolute atomic E-state index is 0.252. The molecule has 1 aliphatic heterocycles. The quantitative estimate of drug-likeness (QED) is 0.802. The van der Waals surface area contributed by atoms with Crippen molar-refractivity contribution >= 4 is 0 Å². The molecule has 2 atom stereocenters. The van der Waals surface area contributed by atoms with E-state index in [1.165, 1.54) is 45.4 Å². The summed E-state index contributed by atoms with van der Waals surface area (Å²) >= 11 is 0. The minimum atomic E-state index is -0.252. The molecule has 0 amide bonds. The number of hydrogen-bond donors (Lipinski definition) is 1. The number of hydrogen-bond acceptors (Lipinski definition) is 4. The fourth-order valence-electron chi connectivity index (χ4n) is 3.62. The van der Waals surface area contributed by atoms with Gasteiger partial charge in [0.05, 0.1) is 6.07 Å². The maximum atomic E-state index is 9.32. The van der Waals surface area contributed by atoms with Crippen molar-refractivity contribution in [1.82, 2.24) is 15.1 Å². The number of rotatable bonds is 3. The van der Waals surface area contributed by atoms with E-state index in [4.69, 9.17) is 0 Å². The molecule has 0 bridgehead atoms. The number of nitrogens with zero attached hydrogens (tertiary/aromatic N) is 3. The Hall–Kier alpha value is -0.630. The molecule has 4 heteroatoms. The van der Waals surface area contributed by atoms with Gasteiger partial charge in [0.2, 0.25) is 0 Å². The second kappa shape index (κ2) is 4.80. The topological polar surface area (TPSA) is 42.3 Å². The van der Waals surface area contributed by atoms with Crippen LogP contribution < -0.4 is 5.32 Å². The lowest BCUT2D eigenvalue weighted by Gasteiger charge is -2.38. The molecule has 2 unspecified atom stereocenters. The summed E-state index contributed by atoms with van der Waals surface area (Å²) < 4.78 is 0. The summed E-state index contributed by atoms with van der Waals surface area (Å²) in [6.45, 7) is 4.87. The molecular formula is C14H24N4. The van der Waals surface area contributed by atoms with Gasteiger partial charge in [0.15, 0.2) is 0 Å². The number of nitrogens with one attached hydrogen (secondary N) is 1. The Morgan fingerprint density at radius 2 is 1.67 bits per heavy atom. The maximum Gasteiger partial charge on any atom is 0.108 e. The van der Waals surface area contributed by atoms with E-state index in [2.05, 4.69) is 21.2 Å². The van der Waals surface area contributed by atoms with Gasteiger partial charge < -0.3 is 5.32 Å². The molecule has 2 saturated carbocycles. The summed E-state index contributed by atoms with van der Waals surface area (Å²) in [5.41, 5.74) is -0.252. The molecule has 3 rings (SSSR count). The van der Waals surface area contributed by atoms with Crippen LogP contribution in [0.3, 0.4) is 0 Å². The maximum absolute atomic E-state index is 9.32. The van der Waals surface area contributed by atoms with Gasteiger partial charge in [-0.15, -0.1) is 0 Å². The van der Waals surface area contributed by atoms with Gasteiger partial charge in [-0.1, -0.05) is 0 Å². The van der Waals surface area contributed by atoms with Crippen molar-refractivity contribution < 1.29 is 0 Å². The first-order valence-corrected chi connectivity index (χ1v) is 7.35. The first-order valence-electron chi connectivity index (χ1n) is 7.35. The zero-order valence-electron chi connectivity index (χ0n) is 11.4. The van der Waals surface area contributed by atoms with Crippen LogP contribution in [0, 0.1) is 11.3 Å². The highest BCUT2D eigenvalue weighted by atomic mass is 15.3. The first-order chi connectivity index (χ1) is 8.76. The fourth-order valence-corrected chi connectivity index (χ4v) is 3.62. The lowest BCUT2D eigenvalue weighted by atomic mass is 10.00. The Morgan fingerprint density at radius 3 is 2.11 bits per heavy atom. The van der Waals surface area contributed by atoms with Crippen molar-refractivity contribution in [3.05, 3.63) is 0 Å². The number of nitriles is 1. The molecule has 1 saturated heterocycles. The Kier molecular flexibility index (Phi) is 3.31. The smallest absolute Gasteiger partial charge is 0.108 e. The van der Waals surface area contributed by atoms with Gasteiger partial charge in [0, 0.05) is 38.3 Å². The van der Waals surface area contributed by atoms with Crippen molar-refractivity contribution in [3.63, 3.8) is 0 Å². The van der Waals surface area contributed by atoms with Gasteiger partial charge >= 0.3 is 0 Å². The average Bonchev–Trinajstić information content (AvgIpc) is 3.19. The molecule has 0 radical (unpaired) electrons. The minimum Gasteiger partial charge on any atom is -0.302 e. The highest BCUT2D eigenvalue weighted by Gasteiger charge is 2.41. The Morgan fingerprint density at radius 1 is 1.06 bits per heavy atom. The first kappa shape index (κ1) is 12.4. The molecule has 3 fully saturated rings. The fraction of sp³-hybridized carbons (Fsp3) is 0.929. The van der Waals surface area contributed by atoms with Gasteiger partial charge in [-0.2, -0.15) is 5.26 Å². The van der Waals surface area contributed by atoms with E-state index < -0.39 is 0 Å². The van der Waals surface area contributed by atoms with Crippen LogP contribution in [-0.4, -0.2) is 60.6 Å². The van der Waals surface area contributed by atoms with Crippen LogP contribution in [0.25, 0.3) is 0 Å².